The Morgan fingerprint density at radius 3 is 2.45 bits per heavy atom. The summed E-state index contributed by atoms with van der Waals surface area (Å²) in [5.74, 6) is -2.33. The number of urea groups is 1. The summed E-state index contributed by atoms with van der Waals surface area (Å²) < 4.78 is 0.701. The standard InChI is InChI=1S/C29H28N6O6S3/c1-15-9-7-8-12-19(15)24(37)34(3)28(41)31-20(17-10-5-4-6-11-17)23(36)30-21-25(38)35-22(27(39)40)18(13-42-26(21)35)14-43-29-33-32-16(2)44-29/h4-12,20-21,26H,13-14H2,1-3H3,(H,30,36)(H,31,41)(H,39,40)/t20?,21?,26-/m0/s1. The number of hydrogen-bond acceptors (Lipinski definition) is 10. The van der Waals surface area contributed by atoms with Crippen LogP contribution in [0.1, 0.15) is 32.5 Å². The molecular formula is C29H28N6O6S3. The van der Waals surface area contributed by atoms with Gasteiger partial charge in [-0.15, -0.1) is 22.0 Å². The van der Waals surface area contributed by atoms with Crippen LogP contribution in [0.4, 0.5) is 4.79 Å². The summed E-state index contributed by atoms with van der Waals surface area (Å²) in [4.78, 5) is 67.4. The molecular weight excluding hydrogens is 625 g/mol. The summed E-state index contributed by atoms with van der Waals surface area (Å²) in [5.41, 5.74) is 1.96. The number of rotatable bonds is 9. The number of benzene rings is 2. The number of imide groups is 1. The van der Waals surface area contributed by atoms with Crippen LogP contribution < -0.4 is 10.6 Å². The van der Waals surface area contributed by atoms with Crippen molar-refractivity contribution in [3.05, 3.63) is 87.6 Å². The van der Waals surface area contributed by atoms with Crippen molar-refractivity contribution in [1.29, 1.82) is 0 Å². The first kappa shape index (κ1) is 31.2. The molecule has 5 rings (SSSR count). The molecule has 3 N–H and O–H groups in total. The molecule has 2 aromatic carbocycles. The van der Waals surface area contributed by atoms with Crippen LogP contribution in [0.25, 0.3) is 0 Å². The summed E-state index contributed by atoms with van der Waals surface area (Å²) in [7, 11) is 1.32. The molecule has 1 fully saturated rings. The summed E-state index contributed by atoms with van der Waals surface area (Å²) in [6, 6.07) is 12.2. The highest BCUT2D eigenvalue weighted by Gasteiger charge is 2.54. The van der Waals surface area contributed by atoms with Gasteiger partial charge in [0.1, 0.15) is 28.2 Å². The quantitative estimate of drug-likeness (QED) is 0.231. The summed E-state index contributed by atoms with van der Waals surface area (Å²) in [6.07, 6.45) is 0. The number of carboxylic acid groups (broad SMARTS) is 1. The van der Waals surface area contributed by atoms with Crippen molar-refractivity contribution in [2.45, 2.75) is 35.6 Å². The molecule has 2 aliphatic heterocycles. The zero-order valence-corrected chi connectivity index (χ0v) is 26.3. The molecule has 3 atom stereocenters. The van der Waals surface area contributed by atoms with Gasteiger partial charge in [-0.25, -0.2) is 9.59 Å². The van der Waals surface area contributed by atoms with Crippen molar-refractivity contribution >= 4 is 64.6 Å². The lowest BCUT2D eigenvalue weighted by Gasteiger charge is -2.49. The number of carbonyl (C=O) groups excluding carboxylic acids is 4. The van der Waals surface area contributed by atoms with Crippen LogP contribution in [0.2, 0.25) is 0 Å². The van der Waals surface area contributed by atoms with Crippen molar-refractivity contribution in [3.63, 3.8) is 0 Å². The van der Waals surface area contributed by atoms with E-state index in [1.165, 1.54) is 46.8 Å². The fourth-order valence-corrected chi connectivity index (χ4v) is 8.07. The van der Waals surface area contributed by atoms with E-state index >= 15 is 0 Å². The Balaban J connectivity index is 1.30. The Labute approximate surface area is 265 Å². The van der Waals surface area contributed by atoms with Crippen LogP contribution in [0, 0.1) is 13.8 Å². The lowest BCUT2D eigenvalue weighted by atomic mass is 10.0. The first-order valence-electron chi connectivity index (χ1n) is 13.4. The number of fused-ring (bicyclic) bond motifs is 1. The van der Waals surface area contributed by atoms with Crippen molar-refractivity contribution in [2.75, 3.05) is 18.6 Å². The zero-order valence-electron chi connectivity index (χ0n) is 23.8. The molecule has 0 saturated carbocycles. The van der Waals surface area contributed by atoms with Crippen molar-refractivity contribution in [2.24, 2.45) is 0 Å². The number of carbonyl (C=O) groups is 5. The van der Waals surface area contributed by atoms with E-state index in [0.29, 0.717) is 38.1 Å². The van der Waals surface area contributed by atoms with Gasteiger partial charge in [-0.05, 0) is 36.6 Å². The van der Waals surface area contributed by atoms with Gasteiger partial charge in [-0.1, -0.05) is 71.6 Å². The van der Waals surface area contributed by atoms with Crippen LogP contribution >= 0.6 is 34.9 Å². The molecule has 44 heavy (non-hydrogen) atoms. The third-order valence-corrected chi connectivity index (χ3v) is 10.5. The highest BCUT2D eigenvalue weighted by Crippen LogP contribution is 2.42. The average molecular weight is 653 g/mol. The van der Waals surface area contributed by atoms with Crippen LogP contribution in [0.5, 0.6) is 0 Å². The smallest absolute Gasteiger partial charge is 0.352 e. The van der Waals surface area contributed by atoms with Crippen LogP contribution in [-0.4, -0.2) is 84.8 Å². The van der Waals surface area contributed by atoms with Gasteiger partial charge >= 0.3 is 12.0 Å². The molecule has 5 amide bonds. The molecule has 0 spiro atoms. The number of nitrogens with one attached hydrogen (secondary N) is 2. The minimum Gasteiger partial charge on any atom is -0.477 e. The van der Waals surface area contributed by atoms with Crippen LogP contribution in [0.3, 0.4) is 0 Å². The van der Waals surface area contributed by atoms with Gasteiger partial charge in [0.05, 0.1) is 0 Å². The molecule has 1 aromatic heterocycles. The fourth-order valence-electron chi connectivity index (χ4n) is 4.77. The largest absolute Gasteiger partial charge is 0.477 e. The molecule has 0 bridgehead atoms. The van der Waals surface area contributed by atoms with E-state index in [0.717, 1.165) is 9.91 Å². The lowest BCUT2D eigenvalue weighted by Crippen LogP contribution is -2.71. The van der Waals surface area contributed by atoms with Crippen LogP contribution in [-0.2, 0) is 14.4 Å². The first-order valence-corrected chi connectivity index (χ1v) is 16.2. The second-order valence-corrected chi connectivity index (χ2v) is 13.5. The number of aromatic nitrogens is 2. The number of aryl methyl sites for hydroxylation is 2. The molecule has 228 valence electrons. The SMILES string of the molecule is Cc1nnc(SCC2=C(C(=O)O)N3C(=O)C(NC(=O)C(NC(=O)N(C)C(=O)c4ccccc4C)c4ccccc4)[C@@H]3SC2)s1. The molecule has 1 saturated heterocycles. The molecule has 15 heteroatoms. The fraction of sp³-hybridized carbons (Fsp3) is 0.276. The molecule has 2 unspecified atom stereocenters. The second kappa shape index (κ2) is 13.2. The molecule has 0 radical (unpaired) electrons. The van der Waals surface area contributed by atoms with Gasteiger partial charge < -0.3 is 15.7 Å². The Hall–Kier alpha value is -4.21. The Morgan fingerprint density at radius 1 is 1.09 bits per heavy atom. The Morgan fingerprint density at radius 2 is 1.80 bits per heavy atom. The van der Waals surface area contributed by atoms with E-state index < -0.39 is 47.2 Å². The lowest BCUT2D eigenvalue weighted by molar-refractivity contribution is -0.151. The van der Waals surface area contributed by atoms with Crippen molar-refractivity contribution in [1.82, 2.24) is 30.6 Å². The Bertz CT molecular complexity index is 1660. The van der Waals surface area contributed by atoms with Gasteiger partial charge in [0.25, 0.3) is 11.8 Å². The van der Waals surface area contributed by atoms with E-state index in [2.05, 4.69) is 20.8 Å². The number of β-lactam (4-membered cyclic amide) rings is 1. The third kappa shape index (κ3) is 6.34. The molecule has 3 aromatic rings. The van der Waals surface area contributed by atoms with E-state index in [1.54, 1.807) is 61.5 Å². The van der Waals surface area contributed by atoms with Crippen LogP contribution in [0.15, 0.2) is 70.2 Å². The minimum atomic E-state index is -1.23. The monoisotopic (exact) mass is 652 g/mol. The summed E-state index contributed by atoms with van der Waals surface area (Å²) in [6.45, 7) is 3.59. The van der Waals surface area contributed by atoms with Crippen molar-refractivity contribution < 1.29 is 29.1 Å². The highest BCUT2D eigenvalue weighted by atomic mass is 32.2. The number of nitrogens with zero attached hydrogens (tertiary/aromatic N) is 4. The third-order valence-electron chi connectivity index (χ3n) is 7.07. The van der Waals surface area contributed by atoms with Gasteiger partial charge in [0.15, 0.2) is 4.34 Å². The van der Waals surface area contributed by atoms with Crippen molar-refractivity contribution in [3.8, 4) is 0 Å². The first-order chi connectivity index (χ1) is 21.1. The number of thioether (sulfide) groups is 2. The summed E-state index contributed by atoms with van der Waals surface area (Å²) >= 11 is 4.10. The minimum absolute atomic E-state index is 0.0951. The number of carboxylic acids is 1. The average Bonchev–Trinajstić information content (AvgIpc) is 3.45. The van der Waals surface area contributed by atoms with E-state index in [9.17, 15) is 29.1 Å². The predicted octanol–water partition coefficient (Wildman–Crippen LogP) is 3.21. The van der Waals surface area contributed by atoms with Gasteiger partial charge in [0, 0.05) is 24.1 Å². The highest BCUT2D eigenvalue weighted by molar-refractivity contribution is 8.01. The maximum atomic E-state index is 13.6. The number of amides is 5. The molecule has 2 aliphatic rings. The Kier molecular flexibility index (Phi) is 9.36. The summed E-state index contributed by atoms with van der Waals surface area (Å²) in [5, 5.41) is 23.5. The van der Waals surface area contributed by atoms with E-state index in [-0.39, 0.29) is 5.70 Å². The van der Waals surface area contributed by atoms with E-state index in [1.807, 2.05) is 6.92 Å². The maximum absolute atomic E-state index is 13.6. The van der Waals surface area contributed by atoms with E-state index in [4.69, 9.17) is 0 Å². The number of hydrogen-bond donors (Lipinski definition) is 3. The zero-order chi connectivity index (χ0) is 31.5. The molecule has 0 aliphatic carbocycles. The normalized spacial score (nSPS) is 18.2. The topological polar surface area (TPSA) is 162 Å². The molecule has 3 heterocycles. The predicted molar refractivity (Wildman–Crippen MR) is 166 cm³/mol. The van der Waals surface area contributed by atoms with Gasteiger partial charge in [-0.2, -0.15) is 0 Å². The van der Waals surface area contributed by atoms with Gasteiger partial charge in [0.2, 0.25) is 5.91 Å². The van der Waals surface area contributed by atoms with Gasteiger partial charge in [-0.3, -0.25) is 24.2 Å². The molecule has 12 nitrogen and oxygen atoms in total. The second-order valence-electron chi connectivity index (χ2n) is 10.0. The number of aliphatic carboxylic acids is 1. The maximum Gasteiger partial charge on any atom is 0.352 e.